The number of amides is 5. The lowest BCUT2D eigenvalue weighted by molar-refractivity contribution is -0.134. The number of hydrogen-bond acceptors (Lipinski definition) is 5. The number of imide groups is 1. The number of nitrogens with two attached hydrogens (primary N) is 1. The maximum absolute atomic E-state index is 13.1. The lowest BCUT2D eigenvalue weighted by Crippen LogP contribution is -2.64. The van der Waals surface area contributed by atoms with Crippen molar-refractivity contribution in [2.24, 2.45) is 5.73 Å². The van der Waals surface area contributed by atoms with Gasteiger partial charge in [-0.1, -0.05) is 30.3 Å². The zero-order valence-electron chi connectivity index (χ0n) is 16.7. The number of anilines is 1. The molecule has 2 aliphatic rings. The van der Waals surface area contributed by atoms with Gasteiger partial charge in [0.2, 0.25) is 5.91 Å². The third-order valence-electron chi connectivity index (χ3n) is 5.35. The minimum atomic E-state index is -0.762. The summed E-state index contributed by atoms with van der Waals surface area (Å²) in [4.78, 5) is 52.6. The van der Waals surface area contributed by atoms with E-state index in [0.29, 0.717) is 11.3 Å². The topological polar surface area (TPSA) is 125 Å². The van der Waals surface area contributed by atoms with E-state index in [0.717, 1.165) is 10.5 Å². The van der Waals surface area contributed by atoms with Gasteiger partial charge in [0.25, 0.3) is 11.8 Å². The molecule has 2 unspecified atom stereocenters. The first-order chi connectivity index (χ1) is 14.8. The summed E-state index contributed by atoms with van der Waals surface area (Å²) >= 11 is 0. The van der Waals surface area contributed by atoms with E-state index in [4.69, 9.17) is 5.73 Å². The van der Waals surface area contributed by atoms with Crippen LogP contribution < -0.4 is 16.4 Å². The highest BCUT2D eigenvalue weighted by atomic mass is 16.2. The van der Waals surface area contributed by atoms with Crippen LogP contribution in [0.1, 0.15) is 15.9 Å². The summed E-state index contributed by atoms with van der Waals surface area (Å²) in [6.45, 7) is 0.149. The molecule has 0 spiro atoms. The highest BCUT2D eigenvalue weighted by Crippen LogP contribution is 2.28. The van der Waals surface area contributed by atoms with Crippen molar-refractivity contribution in [1.29, 1.82) is 0 Å². The molecule has 0 aromatic heterocycles. The number of carbonyl (C=O) groups excluding carboxylic acids is 4. The predicted molar refractivity (Wildman–Crippen MR) is 113 cm³/mol. The number of primary amides is 1. The Kier molecular flexibility index (Phi) is 5.16. The van der Waals surface area contributed by atoms with E-state index in [1.807, 2.05) is 30.3 Å². The highest BCUT2D eigenvalue weighted by Gasteiger charge is 2.49. The Labute approximate surface area is 178 Å². The third kappa shape index (κ3) is 3.85. The summed E-state index contributed by atoms with van der Waals surface area (Å²) in [7, 11) is 1.69. The number of benzene rings is 2. The molecule has 5 amide bonds. The summed E-state index contributed by atoms with van der Waals surface area (Å²) in [5.74, 6) is -1.38. The Hall–Kier alpha value is -4.14. The Morgan fingerprint density at radius 3 is 2.39 bits per heavy atom. The zero-order chi connectivity index (χ0) is 22.1. The molecule has 4 rings (SSSR count). The Morgan fingerprint density at radius 1 is 1.06 bits per heavy atom. The lowest BCUT2D eigenvalue weighted by atomic mass is 9.99. The smallest absolute Gasteiger partial charge is 0.325 e. The molecule has 4 N–H and O–H groups in total. The minimum absolute atomic E-state index is 0.149. The molecule has 2 heterocycles. The molecule has 0 saturated carbocycles. The SMILES string of the molecule is CN1C=C(C(=O)Nc2ccc(C(N)=O)cc2)C2NC(=O)N(Cc3ccccc3)C(=O)C21. The van der Waals surface area contributed by atoms with Crippen LogP contribution in [0.4, 0.5) is 10.5 Å². The highest BCUT2D eigenvalue weighted by molar-refractivity contribution is 6.09. The number of fused-ring (bicyclic) bond motifs is 1. The fourth-order valence-corrected chi connectivity index (χ4v) is 3.77. The largest absolute Gasteiger partial charge is 0.366 e. The Balaban J connectivity index is 1.49. The number of rotatable bonds is 5. The molecule has 0 aliphatic carbocycles. The van der Waals surface area contributed by atoms with Gasteiger partial charge in [0.05, 0.1) is 18.2 Å². The van der Waals surface area contributed by atoms with Gasteiger partial charge in [-0.05, 0) is 29.8 Å². The minimum Gasteiger partial charge on any atom is -0.366 e. The van der Waals surface area contributed by atoms with E-state index < -0.39 is 29.9 Å². The second kappa shape index (κ2) is 7.94. The van der Waals surface area contributed by atoms with Gasteiger partial charge in [0.1, 0.15) is 6.04 Å². The molecule has 2 atom stereocenters. The van der Waals surface area contributed by atoms with Gasteiger partial charge in [0.15, 0.2) is 0 Å². The average Bonchev–Trinajstić information content (AvgIpc) is 3.08. The fraction of sp³-hybridized carbons (Fsp3) is 0.182. The van der Waals surface area contributed by atoms with Crippen molar-refractivity contribution < 1.29 is 19.2 Å². The first-order valence-corrected chi connectivity index (χ1v) is 9.66. The van der Waals surface area contributed by atoms with E-state index in [9.17, 15) is 19.2 Å². The van der Waals surface area contributed by atoms with Crippen molar-refractivity contribution in [3.63, 3.8) is 0 Å². The molecule has 2 aliphatic heterocycles. The van der Waals surface area contributed by atoms with Gasteiger partial charge in [-0.2, -0.15) is 0 Å². The monoisotopic (exact) mass is 419 g/mol. The molecule has 1 saturated heterocycles. The molecule has 0 bridgehead atoms. The normalized spacial score (nSPS) is 20.1. The van der Waals surface area contributed by atoms with Gasteiger partial charge < -0.3 is 21.3 Å². The van der Waals surface area contributed by atoms with Gasteiger partial charge in [-0.3, -0.25) is 19.3 Å². The number of nitrogens with zero attached hydrogens (tertiary/aromatic N) is 2. The number of nitrogens with one attached hydrogen (secondary N) is 2. The van der Waals surface area contributed by atoms with E-state index in [1.165, 1.54) is 12.1 Å². The predicted octanol–water partition coefficient (Wildman–Crippen LogP) is 1.04. The Bertz CT molecular complexity index is 1080. The van der Waals surface area contributed by atoms with E-state index >= 15 is 0 Å². The van der Waals surface area contributed by atoms with Crippen LogP contribution in [0.5, 0.6) is 0 Å². The fourth-order valence-electron chi connectivity index (χ4n) is 3.77. The first kappa shape index (κ1) is 20.1. The summed E-state index contributed by atoms with van der Waals surface area (Å²) in [5, 5.41) is 5.51. The quantitative estimate of drug-likeness (QED) is 0.668. The second-order valence-electron chi connectivity index (χ2n) is 7.43. The van der Waals surface area contributed by atoms with Crippen LogP contribution in [0, 0.1) is 0 Å². The molecular formula is C22H21N5O4. The summed E-state index contributed by atoms with van der Waals surface area (Å²) in [6, 6.07) is 13.3. The molecule has 1 fully saturated rings. The van der Waals surface area contributed by atoms with Gasteiger partial charge in [-0.15, -0.1) is 0 Å². The molecule has 2 aromatic rings. The number of hydrogen-bond donors (Lipinski definition) is 3. The van der Waals surface area contributed by atoms with Crippen LogP contribution in [0.2, 0.25) is 0 Å². The second-order valence-corrected chi connectivity index (χ2v) is 7.43. The van der Waals surface area contributed by atoms with E-state index in [2.05, 4.69) is 10.6 Å². The van der Waals surface area contributed by atoms with Crippen molar-refractivity contribution in [3.05, 3.63) is 77.5 Å². The van der Waals surface area contributed by atoms with Crippen LogP contribution in [0.25, 0.3) is 0 Å². The summed E-state index contributed by atoms with van der Waals surface area (Å²) < 4.78 is 0. The molecular weight excluding hydrogens is 398 g/mol. The molecule has 2 aromatic carbocycles. The van der Waals surface area contributed by atoms with Crippen LogP contribution >= 0.6 is 0 Å². The lowest BCUT2D eigenvalue weighted by Gasteiger charge is -2.37. The van der Waals surface area contributed by atoms with Crippen LogP contribution in [-0.4, -0.2) is 52.7 Å². The van der Waals surface area contributed by atoms with Crippen LogP contribution in [0.15, 0.2) is 66.4 Å². The molecule has 31 heavy (non-hydrogen) atoms. The van der Waals surface area contributed by atoms with Crippen molar-refractivity contribution in [1.82, 2.24) is 15.1 Å². The average molecular weight is 419 g/mol. The van der Waals surface area contributed by atoms with Crippen LogP contribution in [-0.2, 0) is 16.1 Å². The molecule has 9 heteroatoms. The van der Waals surface area contributed by atoms with E-state index in [1.54, 1.807) is 30.3 Å². The standard InChI is InChI=1S/C22H21N5O4/c1-26-12-16(20(29)24-15-9-7-14(8-10-15)19(23)28)17-18(26)21(30)27(22(31)25-17)11-13-5-3-2-4-6-13/h2-10,12,17-18H,11H2,1H3,(H2,23,28)(H,24,29)(H,25,31). The third-order valence-corrected chi connectivity index (χ3v) is 5.35. The first-order valence-electron chi connectivity index (χ1n) is 9.66. The van der Waals surface area contributed by atoms with E-state index in [-0.39, 0.29) is 18.0 Å². The zero-order valence-corrected chi connectivity index (χ0v) is 16.7. The summed E-state index contributed by atoms with van der Waals surface area (Å²) in [6.07, 6.45) is 1.56. The van der Waals surface area contributed by atoms with Gasteiger partial charge >= 0.3 is 6.03 Å². The number of carbonyl (C=O) groups is 4. The molecule has 158 valence electrons. The molecule has 9 nitrogen and oxygen atoms in total. The number of urea groups is 1. The van der Waals surface area contributed by atoms with Crippen molar-refractivity contribution in [3.8, 4) is 0 Å². The van der Waals surface area contributed by atoms with Gasteiger partial charge in [0, 0.05) is 24.5 Å². The molecule has 0 radical (unpaired) electrons. The number of likely N-dealkylation sites (N-methyl/N-ethyl adjacent to an activating group) is 1. The van der Waals surface area contributed by atoms with Crippen molar-refractivity contribution in [2.45, 2.75) is 18.6 Å². The van der Waals surface area contributed by atoms with Crippen molar-refractivity contribution in [2.75, 3.05) is 12.4 Å². The summed E-state index contributed by atoms with van der Waals surface area (Å²) in [5.41, 5.74) is 7.10. The maximum Gasteiger partial charge on any atom is 0.325 e. The van der Waals surface area contributed by atoms with Crippen LogP contribution in [0.3, 0.4) is 0 Å². The maximum atomic E-state index is 13.1. The van der Waals surface area contributed by atoms with Gasteiger partial charge in [-0.25, -0.2) is 4.79 Å². The Morgan fingerprint density at radius 2 is 1.74 bits per heavy atom. The van der Waals surface area contributed by atoms with Crippen molar-refractivity contribution >= 4 is 29.4 Å².